The van der Waals surface area contributed by atoms with Crippen LogP contribution in [0.5, 0.6) is 0 Å². The van der Waals surface area contributed by atoms with E-state index in [2.05, 4.69) is 5.10 Å². The maximum absolute atomic E-state index is 12.3. The molecule has 2 heterocycles. The zero-order valence-electron chi connectivity index (χ0n) is 11.4. The highest BCUT2D eigenvalue weighted by molar-refractivity contribution is 5.98. The fraction of sp³-hybridized carbons (Fsp3) is 0.176. The van der Waals surface area contributed by atoms with Gasteiger partial charge in [0.25, 0.3) is 0 Å². The van der Waals surface area contributed by atoms with Crippen LogP contribution in [0.15, 0.2) is 59.3 Å². The third-order valence-electron chi connectivity index (χ3n) is 3.99. The summed E-state index contributed by atoms with van der Waals surface area (Å²) in [5.41, 5.74) is 2.69. The number of carbonyl (C=O) groups is 1. The van der Waals surface area contributed by atoms with Crippen LogP contribution in [0.1, 0.15) is 34.2 Å². The Labute approximate surface area is 122 Å². The van der Waals surface area contributed by atoms with E-state index in [0.29, 0.717) is 6.42 Å². The molecular formula is C17H14N2O2. The van der Waals surface area contributed by atoms with Crippen LogP contribution >= 0.6 is 0 Å². The van der Waals surface area contributed by atoms with Crippen LogP contribution in [-0.4, -0.2) is 15.6 Å². The van der Waals surface area contributed by atoms with Crippen LogP contribution in [-0.2, 0) is 6.42 Å². The quantitative estimate of drug-likeness (QED) is 0.722. The molecule has 3 aromatic rings. The number of hydrogen-bond donors (Lipinski definition) is 0. The fourth-order valence-corrected chi connectivity index (χ4v) is 2.96. The third-order valence-corrected chi connectivity index (χ3v) is 3.99. The summed E-state index contributed by atoms with van der Waals surface area (Å²) in [5.74, 6) is 1.11. The first-order valence-electron chi connectivity index (χ1n) is 7.02. The van der Waals surface area contributed by atoms with E-state index in [1.807, 2.05) is 47.1 Å². The van der Waals surface area contributed by atoms with Crippen molar-refractivity contribution in [3.63, 3.8) is 0 Å². The average molecular weight is 278 g/mol. The van der Waals surface area contributed by atoms with Crippen LogP contribution in [0, 0.1) is 0 Å². The summed E-state index contributed by atoms with van der Waals surface area (Å²) in [5, 5.41) is 4.40. The summed E-state index contributed by atoms with van der Waals surface area (Å²) in [4.78, 5) is 12.3. The number of fused-ring (bicyclic) bond motifs is 1. The van der Waals surface area contributed by atoms with Crippen molar-refractivity contribution in [2.45, 2.75) is 18.8 Å². The summed E-state index contributed by atoms with van der Waals surface area (Å²) >= 11 is 0. The fourth-order valence-electron chi connectivity index (χ4n) is 2.96. The lowest BCUT2D eigenvalue weighted by Crippen LogP contribution is -2.19. The molecule has 0 unspecified atom stereocenters. The van der Waals surface area contributed by atoms with Gasteiger partial charge in [0.1, 0.15) is 5.76 Å². The molecule has 0 spiro atoms. The van der Waals surface area contributed by atoms with Crippen molar-refractivity contribution in [2.24, 2.45) is 0 Å². The summed E-state index contributed by atoms with van der Waals surface area (Å²) in [6.07, 6.45) is 4.59. The molecule has 21 heavy (non-hydrogen) atoms. The number of rotatable bonds is 2. The summed E-state index contributed by atoms with van der Waals surface area (Å²) in [7, 11) is 0. The minimum Gasteiger partial charge on any atom is -0.469 e. The first kappa shape index (κ1) is 12.1. The number of benzene rings is 1. The molecule has 1 atom stereocenters. The Kier molecular flexibility index (Phi) is 2.74. The molecule has 1 aliphatic rings. The molecule has 4 nitrogen and oxygen atoms in total. The van der Waals surface area contributed by atoms with E-state index >= 15 is 0 Å². The minimum absolute atomic E-state index is 0.0964. The highest BCUT2D eigenvalue weighted by Gasteiger charge is 2.31. The van der Waals surface area contributed by atoms with Gasteiger partial charge in [-0.25, -0.2) is 4.68 Å². The van der Waals surface area contributed by atoms with Crippen molar-refractivity contribution in [2.75, 3.05) is 0 Å². The van der Waals surface area contributed by atoms with Crippen LogP contribution in [0.2, 0.25) is 0 Å². The molecule has 104 valence electrons. The third kappa shape index (κ3) is 2.00. The molecule has 4 rings (SSSR count). The summed E-state index contributed by atoms with van der Waals surface area (Å²) in [6, 6.07) is 13.7. The van der Waals surface area contributed by atoms with E-state index in [-0.39, 0.29) is 11.7 Å². The van der Waals surface area contributed by atoms with Gasteiger partial charge in [-0.2, -0.15) is 5.10 Å². The van der Waals surface area contributed by atoms with E-state index in [9.17, 15) is 4.79 Å². The molecular weight excluding hydrogens is 264 g/mol. The van der Waals surface area contributed by atoms with Gasteiger partial charge in [0.15, 0.2) is 5.78 Å². The van der Waals surface area contributed by atoms with Gasteiger partial charge in [0.2, 0.25) is 0 Å². The second-order valence-electron chi connectivity index (χ2n) is 5.30. The molecule has 0 aliphatic heterocycles. The van der Waals surface area contributed by atoms with Gasteiger partial charge in [-0.1, -0.05) is 18.2 Å². The minimum atomic E-state index is 0.0964. The zero-order chi connectivity index (χ0) is 14.2. The Morgan fingerprint density at radius 1 is 1.10 bits per heavy atom. The molecule has 0 bridgehead atoms. The lowest BCUT2D eigenvalue weighted by Gasteiger charge is -2.20. The Morgan fingerprint density at radius 3 is 2.71 bits per heavy atom. The molecule has 1 aromatic carbocycles. The number of hydrogen-bond acceptors (Lipinski definition) is 3. The monoisotopic (exact) mass is 278 g/mol. The van der Waals surface area contributed by atoms with Gasteiger partial charge in [0.05, 0.1) is 29.4 Å². The normalized spacial score (nSPS) is 17.7. The van der Waals surface area contributed by atoms with Crippen molar-refractivity contribution >= 4 is 5.78 Å². The number of ketones is 1. The largest absolute Gasteiger partial charge is 0.469 e. The van der Waals surface area contributed by atoms with Crippen LogP contribution < -0.4 is 0 Å². The van der Waals surface area contributed by atoms with Crippen molar-refractivity contribution in [3.05, 3.63) is 71.9 Å². The van der Waals surface area contributed by atoms with Gasteiger partial charge >= 0.3 is 0 Å². The predicted molar refractivity (Wildman–Crippen MR) is 77.7 cm³/mol. The lowest BCUT2D eigenvalue weighted by molar-refractivity contribution is 0.0959. The molecule has 0 N–H and O–H groups in total. The first-order chi connectivity index (χ1) is 10.3. The zero-order valence-corrected chi connectivity index (χ0v) is 11.4. The molecule has 0 fully saturated rings. The number of Topliss-reactive ketones (excluding diaryl/α,β-unsaturated/α-hetero) is 1. The van der Waals surface area contributed by atoms with Crippen LogP contribution in [0.3, 0.4) is 0 Å². The maximum Gasteiger partial charge on any atom is 0.167 e. The van der Waals surface area contributed by atoms with Crippen LogP contribution in [0.4, 0.5) is 0 Å². The van der Waals surface area contributed by atoms with Crippen molar-refractivity contribution in [1.82, 2.24) is 9.78 Å². The van der Waals surface area contributed by atoms with E-state index in [0.717, 1.165) is 29.1 Å². The number of carbonyl (C=O) groups excluding carboxylic acids is 1. The molecule has 4 heteroatoms. The number of furan rings is 1. The van der Waals surface area contributed by atoms with Gasteiger partial charge in [-0.3, -0.25) is 4.79 Å². The molecule has 1 aliphatic carbocycles. The standard InChI is InChI=1S/C17H14N2O2/c20-16-10-12(17-7-4-8-21-17)9-15-14(16)11-18-19(15)13-5-2-1-3-6-13/h1-8,11-12H,9-10H2/t12-/m0/s1. The average Bonchev–Trinajstić information content (AvgIpc) is 3.18. The van der Waals surface area contributed by atoms with Gasteiger partial charge in [-0.05, 0) is 24.3 Å². The Balaban J connectivity index is 1.78. The number of para-hydroxylation sites is 1. The SMILES string of the molecule is O=C1C[C@@H](c2ccco2)Cc2c1cnn2-c1ccccc1. The highest BCUT2D eigenvalue weighted by atomic mass is 16.3. The summed E-state index contributed by atoms with van der Waals surface area (Å²) in [6.45, 7) is 0. The predicted octanol–water partition coefficient (Wildman–Crippen LogP) is 3.38. The van der Waals surface area contributed by atoms with E-state index in [4.69, 9.17) is 4.42 Å². The smallest absolute Gasteiger partial charge is 0.167 e. The first-order valence-corrected chi connectivity index (χ1v) is 7.02. The van der Waals surface area contributed by atoms with E-state index in [1.165, 1.54) is 0 Å². The second kappa shape index (κ2) is 4.74. The van der Waals surface area contributed by atoms with Gasteiger partial charge in [-0.15, -0.1) is 0 Å². The number of nitrogens with zero attached hydrogens (tertiary/aromatic N) is 2. The summed E-state index contributed by atoms with van der Waals surface area (Å²) < 4.78 is 7.34. The Morgan fingerprint density at radius 2 is 1.95 bits per heavy atom. The highest BCUT2D eigenvalue weighted by Crippen LogP contribution is 2.33. The van der Waals surface area contributed by atoms with E-state index < -0.39 is 0 Å². The van der Waals surface area contributed by atoms with Gasteiger partial charge < -0.3 is 4.42 Å². The molecule has 0 saturated carbocycles. The Hall–Kier alpha value is -2.62. The molecule has 2 aromatic heterocycles. The second-order valence-corrected chi connectivity index (χ2v) is 5.30. The maximum atomic E-state index is 12.3. The van der Waals surface area contributed by atoms with Crippen molar-refractivity contribution < 1.29 is 9.21 Å². The van der Waals surface area contributed by atoms with Crippen molar-refractivity contribution in [3.8, 4) is 5.69 Å². The van der Waals surface area contributed by atoms with Crippen LogP contribution in [0.25, 0.3) is 5.69 Å². The lowest BCUT2D eigenvalue weighted by atomic mass is 9.85. The Bertz CT molecular complexity index is 772. The number of aromatic nitrogens is 2. The molecule has 0 radical (unpaired) electrons. The van der Waals surface area contributed by atoms with Gasteiger partial charge in [0, 0.05) is 18.8 Å². The van der Waals surface area contributed by atoms with E-state index in [1.54, 1.807) is 12.5 Å². The molecule has 0 amide bonds. The van der Waals surface area contributed by atoms with Crippen molar-refractivity contribution in [1.29, 1.82) is 0 Å². The molecule has 0 saturated heterocycles. The topological polar surface area (TPSA) is 48.0 Å².